The van der Waals surface area contributed by atoms with E-state index in [1.807, 2.05) is 13.8 Å². The number of hydrogen-bond acceptors (Lipinski definition) is 3. The first-order chi connectivity index (χ1) is 12.4. The normalized spacial score (nSPS) is 25.0. The van der Waals surface area contributed by atoms with Gasteiger partial charge in [-0.2, -0.15) is 4.31 Å². The fourth-order valence-corrected chi connectivity index (χ4v) is 6.09. The topological polar surface area (TPSA) is 66.5 Å². The van der Waals surface area contributed by atoms with Crippen LogP contribution < -0.4 is 5.32 Å². The number of carbonyl (C=O) groups excluding carboxylic acids is 1. The zero-order chi connectivity index (χ0) is 18.7. The van der Waals surface area contributed by atoms with E-state index in [0.29, 0.717) is 36.9 Å². The highest BCUT2D eigenvalue weighted by atomic mass is 32.2. The average molecular weight is 379 g/mol. The van der Waals surface area contributed by atoms with Crippen LogP contribution in [0.5, 0.6) is 0 Å². The van der Waals surface area contributed by atoms with Crippen molar-refractivity contribution >= 4 is 15.9 Å². The van der Waals surface area contributed by atoms with Gasteiger partial charge in [0.25, 0.3) is 0 Å². The van der Waals surface area contributed by atoms with Crippen molar-refractivity contribution < 1.29 is 13.2 Å². The molecule has 144 valence electrons. The molecule has 0 unspecified atom stereocenters. The van der Waals surface area contributed by atoms with Crippen molar-refractivity contribution in [3.05, 3.63) is 29.8 Å². The largest absolute Gasteiger partial charge is 0.352 e. The van der Waals surface area contributed by atoms with Gasteiger partial charge in [0.15, 0.2) is 0 Å². The van der Waals surface area contributed by atoms with Gasteiger partial charge in [-0.15, -0.1) is 0 Å². The number of sulfonamides is 1. The Morgan fingerprint density at radius 2 is 1.81 bits per heavy atom. The summed E-state index contributed by atoms with van der Waals surface area (Å²) in [5, 5.41) is 2.99. The van der Waals surface area contributed by atoms with E-state index in [1.54, 1.807) is 24.3 Å². The predicted octanol–water partition coefficient (Wildman–Crippen LogP) is 3.16. The van der Waals surface area contributed by atoms with Gasteiger partial charge in [0.2, 0.25) is 15.9 Å². The van der Waals surface area contributed by atoms with Crippen LogP contribution in [0.1, 0.15) is 51.5 Å². The fraction of sp³-hybridized carbons (Fsp3) is 0.650. The summed E-state index contributed by atoms with van der Waals surface area (Å²) in [5.41, 5.74) is 0.921. The van der Waals surface area contributed by atoms with Gasteiger partial charge < -0.3 is 5.32 Å². The maximum absolute atomic E-state index is 12.5. The highest BCUT2D eigenvalue weighted by Gasteiger charge is 2.40. The molecule has 6 heteroatoms. The molecule has 2 fully saturated rings. The van der Waals surface area contributed by atoms with Crippen LogP contribution in [0.25, 0.3) is 0 Å². The maximum Gasteiger partial charge on any atom is 0.243 e. The zero-order valence-electron chi connectivity index (χ0n) is 15.8. The summed E-state index contributed by atoms with van der Waals surface area (Å²) >= 11 is 0. The number of hydrogen-bond donors (Lipinski definition) is 1. The lowest BCUT2D eigenvalue weighted by atomic mass is 9.86. The zero-order valence-corrected chi connectivity index (χ0v) is 16.6. The van der Waals surface area contributed by atoms with Crippen LogP contribution in [0.4, 0.5) is 0 Å². The van der Waals surface area contributed by atoms with Crippen molar-refractivity contribution in [3.63, 3.8) is 0 Å². The van der Waals surface area contributed by atoms with E-state index in [9.17, 15) is 13.2 Å². The summed E-state index contributed by atoms with van der Waals surface area (Å²) < 4.78 is 26.4. The Labute approximate surface area is 157 Å². The smallest absolute Gasteiger partial charge is 0.243 e. The number of rotatable bonds is 8. The molecule has 0 aromatic heterocycles. The van der Waals surface area contributed by atoms with Gasteiger partial charge >= 0.3 is 0 Å². The van der Waals surface area contributed by atoms with Gasteiger partial charge in [-0.25, -0.2) is 8.42 Å². The minimum absolute atomic E-state index is 0.113. The molecule has 3 rings (SSSR count). The van der Waals surface area contributed by atoms with Crippen molar-refractivity contribution in [2.24, 2.45) is 17.8 Å². The second kappa shape index (κ2) is 8.09. The standard InChI is InChI=1S/C20H30N2O3S/c1-3-22(4-2)26(24,25)19-9-6-15(7-10-19)14-21-20(23)13-18-12-16-5-8-17(18)11-16/h6-7,9-10,16-18H,3-5,8,11-14H2,1-2H3,(H,21,23)/t16-,17-,18+/m1/s1. The molecule has 0 saturated heterocycles. The average Bonchev–Trinajstić information content (AvgIpc) is 3.24. The van der Waals surface area contributed by atoms with Crippen LogP contribution in [0, 0.1) is 17.8 Å². The molecular weight excluding hydrogens is 348 g/mol. The van der Waals surface area contributed by atoms with Gasteiger partial charge in [0, 0.05) is 26.1 Å². The molecule has 0 aliphatic heterocycles. The van der Waals surface area contributed by atoms with Crippen LogP contribution in [-0.2, 0) is 21.4 Å². The first-order valence-corrected chi connectivity index (χ1v) is 11.2. The molecule has 0 radical (unpaired) electrons. The maximum atomic E-state index is 12.5. The second-order valence-corrected chi connectivity index (χ2v) is 9.59. The summed E-state index contributed by atoms with van der Waals surface area (Å²) in [7, 11) is -3.42. The quantitative estimate of drug-likeness (QED) is 0.756. The highest BCUT2D eigenvalue weighted by Crippen LogP contribution is 2.49. The summed E-state index contributed by atoms with van der Waals surface area (Å²) in [4.78, 5) is 12.5. The number of nitrogens with one attached hydrogen (secondary N) is 1. The third-order valence-corrected chi connectivity index (χ3v) is 8.15. The first kappa shape index (κ1) is 19.4. The molecule has 2 aliphatic carbocycles. The van der Waals surface area contributed by atoms with Crippen molar-refractivity contribution in [1.29, 1.82) is 0 Å². The molecule has 5 nitrogen and oxygen atoms in total. The van der Waals surface area contributed by atoms with E-state index in [4.69, 9.17) is 0 Å². The van der Waals surface area contributed by atoms with Gasteiger partial charge in [-0.05, 0) is 54.7 Å². The number of nitrogens with zero attached hydrogens (tertiary/aromatic N) is 1. The minimum atomic E-state index is -3.42. The minimum Gasteiger partial charge on any atom is -0.352 e. The fourth-order valence-electron chi connectivity index (χ4n) is 4.63. The SMILES string of the molecule is CCN(CC)S(=O)(=O)c1ccc(CNC(=O)C[C@@H]2C[C@@H]3CC[C@@H]2C3)cc1. The van der Waals surface area contributed by atoms with Crippen LogP contribution in [-0.4, -0.2) is 31.7 Å². The third kappa shape index (κ3) is 4.12. The molecule has 26 heavy (non-hydrogen) atoms. The van der Waals surface area contributed by atoms with E-state index in [0.717, 1.165) is 17.4 Å². The third-order valence-electron chi connectivity index (χ3n) is 6.09. The first-order valence-electron chi connectivity index (χ1n) is 9.79. The van der Waals surface area contributed by atoms with Crippen LogP contribution in [0.3, 0.4) is 0 Å². The second-order valence-electron chi connectivity index (χ2n) is 7.65. The van der Waals surface area contributed by atoms with Crippen molar-refractivity contribution in [2.75, 3.05) is 13.1 Å². The Bertz CT molecular complexity index is 726. The molecule has 0 heterocycles. The lowest BCUT2D eigenvalue weighted by Crippen LogP contribution is -2.30. The Hall–Kier alpha value is -1.40. The number of carbonyl (C=O) groups is 1. The van der Waals surface area contributed by atoms with Gasteiger partial charge in [-0.1, -0.05) is 32.4 Å². The molecule has 1 amide bonds. The number of benzene rings is 1. The highest BCUT2D eigenvalue weighted by molar-refractivity contribution is 7.89. The Balaban J connectivity index is 1.52. The van der Waals surface area contributed by atoms with E-state index in [2.05, 4.69) is 5.32 Å². The summed E-state index contributed by atoms with van der Waals surface area (Å²) in [6, 6.07) is 6.83. The van der Waals surface area contributed by atoms with E-state index in [1.165, 1.54) is 30.0 Å². The Morgan fingerprint density at radius 1 is 1.12 bits per heavy atom. The van der Waals surface area contributed by atoms with Gasteiger partial charge in [0.1, 0.15) is 0 Å². The van der Waals surface area contributed by atoms with Gasteiger partial charge in [0.05, 0.1) is 4.90 Å². The lowest BCUT2D eigenvalue weighted by Gasteiger charge is -2.21. The molecule has 2 bridgehead atoms. The van der Waals surface area contributed by atoms with Crippen molar-refractivity contribution in [1.82, 2.24) is 9.62 Å². The summed E-state index contributed by atoms with van der Waals surface area (Å²) in [6.07, 6.45) is 5.82. The Morgan fingerprint density at radius 3 is 2.35 bits per heavy atom. The Kier molecular flexibility index (Phi) is 6.03. The molecular formula is C20H30N2O3S. The molecule has 1 aromatic rings. The molecule has 2 aliphatic rings. The monoisotopic (exact) mass is 378 g/mol. The van der Waals surface area contributed by atoms with E-state index < -0.39 is 10.0 Å². The molecule has 3 atom stereocenters. The summed E-state index contributed by atoms with van der Waals surface area (Å²) in [6.45, 7) is 5.03. The molecule has 1 N–H and O–H groups in total. The van der Waals surface area contributed by atoms with Crippen LogP contribution in [0.2, 0.25) is 0 Å². The van der Waals surface area contributed by atoms with E-state index >= 15 is 0 Å². The molecule has 1 aromatic carbocycles. The molecule has 2 saturated carbocycles. The number of fused-ring (bicyclic) bond motifs is 2. The lowest BCUT2D eigenvalue weighted by molar-refractivity contribution is -0.122. The van der Waals surface area contributed by atoms with Crippen LogP contribution in [0.15, 0.2) is 29.2 Å². The summed E-state index contributed by atoms with van der Waals surface area (Å²) in [5.74, 6) is 2.30. The van der Waals surface area contributed by atoms with Gasteiger partial charge in [-0.3, -0.25) is 4.79 Å². The van der Waals surface area contributed by atoms with E-state index in [-0.39, 0.29) is 5.91 Å². The number of amides is 1. The van der Waals surface area contributed by atoms with Crippen molar-refractivity contribution in [2.45, 2.75) is 57.4 Å². The van der Waals surface area contributed by atoms with Crippen LogP contribution >= 0.6 is 0 Å². The van der Waals surface area contributed by atoms with Crippen molar-refractivity contribution in [3.8, 4) is 0 Å². The molecule has 0 spiro atoms. The predicted molar refractivity (Wildman–Crippen MR) is 102 cm³/mol.